The highest BCUT2D eigenvalue weighted by Crippen LogP contribution is 2.65. The van der Waals surface area contributed by atoms with Gasteiger partial charge in [0.25, 0.3) is 0 Å². The van der Waals surface area contributed by atoms with Crippen LogP contribution in [0.4, 0.5) is 0 Å². The molecule has 2 bridgehead atoms. The predicted molar refractivity (Wildman–Crippen MR) is 103 cm³/mol. The van der Waals surface area contributed by atoms with Gasteiger partial charge >= 0.3 is 0 Å². The molecule has 3 fully saturated rings. The number of ketones is 1. The smallest absolute Gasteiger partial charge is 0.174 e. The molecule has 3 aliphatic carbocycles. The van der Waals surface area contributed by atoms with Crippen molar-refractivity contribution in [3.8, 4) is 11.5 Å². The average molecular weight is 384 g/mol. The molecule has 5 aliphatic rings. The first-order valence-corrected chi connectivity index (χ1v) is 11.0. The van der Waals surface area contributed by atoms with Gasteiger partial charge in [-0.2, -0.15) is 0 Å². The summed E-state index contributed by atoms with van der Waals surface area (Å²) in [5, 5.41) is 22.7. The first-order chi connectivity index (χ1) is 13.4. The van der Waals surface area contributed by atoms with E-state index in [9.17, 15) is 15.0 Å². The predicted octanol–water partition coefficient (Wildman–Crippen LogP) is 2.45. The van der Waals surface area contributed by atoms with Crippen LogP contribution in [0.1, 0.15) is 56.1 Å². The number of likely N-dealkylation sites (tertiary alicyclic amines) is 1. The molecule has 1 aromatic rings. The Morgan fingerprint density at radius 3 is 2.82 bits per heavy atom. The minimum atomic E-state index is -0.941. The average Bonchev–Trinajstić information content (AvgIpc) is 3.29. The lowest BCUT2D eigenvalue weighted by molar-refractivity contribution is -0.951. The van der Waals surface area contributed by atoms with Gasteiger partial charge in [-0.15, -0.1) is 0 Å². The number of ether oxygens (including phenoxy) is 1. The lowest BCUT2D eigenvalue weighted by Crippen LogP contribution is -2.81. The summed E-state index contributed by atoms with van der Waals surface area (Å²) in [6, 6.07) is 3.79. The first-order valence-electron chi connectivity index (χ1n) is 11.0. The van der Waals surface area contributed by atoms with Gasteiger partial charge in [0.2, 0.25) is 0 Å². The van der Waals surface area contributed by atoms with Gasteiger partial charge in [0, 0.05) is 30.7 Å². The van der Waals surface area contributed by atoms with Gasteiger partial charge < -0.3 is 19.4 Å². The van der Waals surface area contributed by atoms with Crippen molar-refractivity contribution in [2.75, 3.05) is 20.1 Å². The van der Waals surface area contributed by atoms with E-state index in [1.54, 1.807) is 6.07 Å². The van der Waals surface area contributed by atoms with Crippen molar-refractivity contribution in [3.63, 3.8) is 0 Å². The number of phenolic OH excluding ortho intramolecular Hbond substituents is 1. The summed E-state index contributed by atoms with van der Waals surface area (Å²) in [4.78, 5) is 12.9. The van der Waals surface area contributed by atoms with Gasteiger partial charge in [0.15, 0.2) is 23.4 Å². The molecule has 2 aliphatic heterocycles. The number of quaternary nitrogens is 1. The van der Waals surface area contributed by atoms with Crippen molar-refractivity contribution >= 4 is 5.78 Å². The van der Waals surface area contributed by atoms with Crippen molar-refractivity contribution in [2.24, 2.45) is 5.92 Å². The van der Waals surface area contributed by atoms with E-state index in [1.807, 2.05) is 6.07 Å². The van der Waals surface area contributed by atoms with E-state index >= 15 is 0 Å². The van der Waals surface area contributed by atoms with Crippen LogP contribution >= 0.6 is 0 Å². The van der Waals surface area contributed by atoms with Crippen LogP contribution in [0.3, 0.4) is 0 Å². The Labute approximate surface area is 165 Å². The number of nitrogens with zero attached hydrogens (tertiary/aromatic N) is 1. The second-order valence-corrected chi connectivity index (χ2v) is 10.3. The maximum absolute atomic E-state index is 12.9. The van der Waals surface area contributed by atoms with E-state index in [4.69, 9.17) is 4.74 Å². The van der Waals surface area contributed by atoms with Gasteiger partial charge in [-0.1, -0.05) is 18.9 Å². The molecule has 28 heavy (non-hydrogen) atoms. The molecule has 150 valence electrons. The summed E-state index contributed by atoms with van der Waals surface area (Å²) in [5.41, 5.74) is 0.484. The summed E-state index contributed by atoms with van der Waals surface area (Å²) in [7, 11) is 2.33. The highest BCUT2D eigenvalue weighted by atomic mass is 16.5. The lowest BCUT2D eigenvalue weighted by atomic mass is 9.48. The van der Waals surface area contributed by atoms with Gasteiger partial charge in [0.05, 0.1) is 25.6 Å². The molecule has 0 amide bonds. The Morgan fingerprint density at radius 2 is 2.04 bits per heavy atom. The monoisotopic (exact) mass is 384 g/mol. The molecule has 1 saturated heterocycles. The van der Waals surface area contributed by atoms with Crippen LogP contribution in [0, 0.1) is 5.92 Å². The second-order valence-electron chi connectivity index (χ2n) is 10.3. The number of carbonyl (C=O) groups is 1. The van der Waals surface area contributed by atoms with Crippen LogP contribution in [0.5, 0.6) is 11.5 Å². The largest absolute Gasteiger partial charge is 0.504 e. The van der Waals surface area contributed by atoms with Crippen LogP contribution < -0.4 is 4.74 Å². The fourth-order valence-corrected chi connectivity index (χ4v) is 7.83. The van der Waals surface area contributed by atoms with Gasteiger partial charge in [-0.3, -0.25) is 4.79 Å². The minimum Gasteiger partial charge on any atom is -0.504 e. The molecular weight excluding hydrogens is 354 g/mol. The molecule has 1 unspecified atom stereocenters. The lowest BCUT2D eigenvalue weighted by Gasteiger charge is -2.64. The Hall–Kier alpha value is -1.59. The number of benzene rings is 1. The normalized spacial score (nSPS) is 43.7. The molecule has 1 spiro atoms. The highest BCUT2D eigenvalue weighted by Gasteiger charge is 2.76. The molecule has 2 saturated carbocycles. The quantitative estimate of drug-likeness (QED) is 0.769. The van der Waals surface area contributed by atoms with E-state index < -0.39 is 17.1 Å². The van der Waals surface area contributed by atoms with Crippen molar-refractivity contribution < 1.29 is 24.2 Å². The van der Waals surface area contributed by atoms with Crippen molar-refractivity contribution in [1.29, 1.82) is 0 Å². The highest BCUT2D eigenvalue weighted by molar-refractivity contribution is 5.90. The van der Waals surface area contributed by atoms with Crippen LogP contribution in [-0.4, -0.2) is 58.4 Å². The Balaban J connectivity index is 1.53. The Kier molecular flexibility index (Phi) is 3.28. The summed E-state index contributed by atoms with van der Waals surface area (Å²) in [6.07, 6.45) is 7.08. The Morgan fingerprint density at radius 1 is 1.25 bits per heavy atom. The van der Waals surface area contributed by atoms with E-state index in [-0.39, 0.29) is 17.6 Å². The summed E-state index contributed by atoms with van der Waals surface area (Å²) in [6.45, 7) is 2.09. The molecular formula is C23H30NO4+. The van der Waals surface area contributed by atoms with E-state index in [2.05, 4.69) is 7.05 Å². The van der Waals surface area contributed by atoms with Crippen LogP contribution in [0.25, 0.3) is 0 Å². The van der Waals surface area contributed by atoms with E-state index in [0.717, 1.165) is 47.5 Å². The maximum Gasteiger partial charge on any atom is 0.174 e. The summed E-state index contributed by atoms with van der Waals surface area (Å²) >= 11 is 0. The van der Waals surface area contributed by atoms with Gasteiger partial charge in [-0.05, 0) is 30.9 Å². The molecule has 2 heterocycles. The molecule has 5 atom stereocenters. The van der Waals surface area contributed by atoms with Gasteiger partial charge in [0.1, 0.15) is 11.6 Å². The molecule has 0 aromatic heterocycles. The summed E-state index contributed by atoms with van der Waals surface area (Å²) in [5.74, 6) is 1.39. The number of aliphatic hydroxyl groups is 1. The fraction of sp³-hybridized carbons (Fsp3) is 0.696. The zero-order valence-corrected chi connectivity index (χ0v) is 16.6. The van der Waals surface area contributed by atoms with E-state index in [0.29, 0.717) is 18.6 Å². The molecule has 1 aromatic carbocycles. The standard InChI is InChI=1S/C23H29NO4/c1-24(13-14-4-2-3-5-14)11-10-22-19-15-6-7-16(25)20(19)28-21(22)17(26)8-9-23(22,27)18(24)12-15/h6-7,14,18,21,27H,2-5,8-13H2,1H3/p+1/t18-,21+,22+,23?,24-/m1/s1. The number of rotatable bonds is 2. The third kappa shape index (κ3) is 1.83. The van der Waals surface area contributed by atoms with Crippen LogP contribution in [0.2, 0.25) is 0 Å². The number of aromatic hydroxyl groups is 1. The Bertz CT molecular complexity index is 878. The number of hydrogen-bond donors (Lipinski definition) is 2. The van der Waals surface area contributed by atoms with Crippen molar-refractivity contribution in [2.45, 2.75) is 74.5 Å². The number of likely N-dealkylation sites (N-methyl/N-ethyl adjacent to an activating group) is 1. The summed E-state index contributed by atoms with van der Waals surface area (Å²) < 4.78 is 7.02. The number of carbonyl (C=O) groups excluding carboxylic acids is 1. The van der Waals surface area contributed by atoms with Crippen LogP contribution in [0.15, 0.2) is 12.1 Å². The number of phenols is 1. The topological polar surface area (TPSA) is 66.8 Å². The van der Waals surface area contributed by atoms with Crippen molar-refractivity contribution in [3.05, 3.63) is 23.3 Å². The minimum absolute atomic E-state index is 0.0822. The zero-order valence-electron chi connectivity index (χ0n) is 16.6. The van der Waals surface area contributed by atoms with Gasteiger partial charge in [-0.25, -0.2) is 0 Å². The molecule has 5 nitrogen and oxygen atoms in total. The van der Waals surface area contributed by atoms with Crippen LogP contribution in [-0.2, 0) is 16.6 Å². The maximum atomic E-state index is 12.9. The van der Waals surface area contributed by atoms with E-state index in [1.165, 1.54) is 25.7 Å². The molecule has 6 rings (SSSR count). The zero-order chi connectivity index (χ0) is 19.3. The fourth-order valence-electron chi connectivity index (χ4n) is 7.83. The number of hydrogen-bond acceptors (Lipinski definition) is 4. The number of Topliss-reactive ketones (excluding diaryl/α,β-unsaturated/α-hetero) is 1. The van der Waals surface area contributed by atoms with Crippen molar-refractivity contribution in [1.82, 2.24) is 0 Å². The molecule has 2 N–H and O–H groups in total. The third-order valence-corrected chi connectivity index (χ3v) is 9.05. The molecule has 5 heteroatoms. The number of piperidine rings is 1. The third-order valence-electron chi connectivity index (χ3n) is 9.05. The SMILES string of the molecule is C[N@+]1(CC2CCCC2)CC[C@]23c4c5ccc(O)c4O[C@H]2C(=O)CCC3(O)[C@H]1C5. The molecule has 0 radical (unpaired) electrons. The second kappa shape index (κ2) is 5.31. The first kappa shape index (κ1) is 17.3.